The van der Waals surface area contributed by atoms with Crippen molar-refractivity contribution in [3.05, 3.63) is 41.3 Å². The number of rotatable bonds is 6. The van der Waals surface area contributed by atoms with Crippen LogP contribution in [0.5, 0.6) is 0 Å². The highest BCUT2D eigenvalue weighted by Gasteiger charge is 2.13. The highest BCUT2D eigenvalue weighted by Crippen LogP contribution is 2.19. The Morgan fingerprint density at radius 1 is 1.05 bits per heavy atom. The van der Waals surface area contributed by atoms with E-state index in [2.05, 4.69) is 24.1 Å². The van der Waals surface area contributed by atoms with Crippen LogP contribution in [-0.2, 0) is 19.3 Å². The summed E-state index contributed by atoms with van der Waals surface area (Å²) in [5, 5.41) is 3.20. The van der Waals surface area contributed by atoms with E-state index in [1.165, 1.54) is 5.56 Å². The van der Waals surface area contributed by atoms with E-state index in [9.17, 15) is 0 Å². The third-order valence-electron chi connectivity index (χ3n) is 3.37. The highest BCUT2D eigenvalue weighted by atomic mass is 14.9. The summed E-state index contributed by atoms with van der Waals surface area (Å²) in [7, 11) is 1.97. The number of nitrogens with zero attached hydrogens (tertiary/aromatic N) is 3. The van der Waals surface area contributed by atoms with Crippen LogP contribution in [0, 0.1) is 0 Å². The lowest BCUT2D eigenvalue weighted by molar-refractivity contribution is 0.760. The molecule has 2 heterocycles. The first-order valence-electron chi connectivity index (χ1n) is 7.24. The molecule has 0 bridgehead atoms. The van der Waals surface area contributed by atoms with E-state index in [-0.39, 0.29) is 0 Å². The first-order valence-corrected chi connectivity index (χ1v) is 7.24. The summed E-state index contributed by atoms with van der Waals surface area (Å²) in [5.74, 6) is 0.743. The lowest BCUT2D eigenvalue weighted by Gasteiger charge is -2.13. The van der Waals surface area contributed by atoms with E-state index in [4.69, 9.17) is 9.97 Å². The van der Waals surface area contributed by atoms with Crippen molar-refractivity contribution >= 4 is 0 Å². The molecule has 2 aromatic rings. The number of aryl methyl sites for hydroxylation is 2. The largest absolute Gasteiger partial charge is 0.319 e. The molecule has 1 N–H and O–H groups in total. The molecule has 0 aliphatic rings. The van der Waals surface area contributed by atoms with Gasteiger partial charge in [-0.15, -0.1) is 0 Å². The van der Waals surface area contributed by atoms with E-state index in [1.807, 2.05) is 25.2 Å². The predicted molar refractivity (Wildman–Crippen MR) is 81.6 cm³/mol. The molecule has 4 heteroatoms. The SMILES string of the molecule is CCc1nc(-c2ccccn2)nc(CC)c1CCNC. The van der Waals surface area contributed by atoms with Crippen LogP contribution < -0.4 is 5.32 Å². The van der Waals surface area contributed by atoms with Crippen LogP contribution in [0.2, 0.25) is 0 Å². The third kappa shape index (κ3) is 3.20. The van der Waals surface area contributed by atoms with Crippen LogP contribution in [0.4, 0.5) is 0 Å². The zero-order valence-corrected chi connectivity index (χ0v) is 12.5. The van der Waals surface area contributed by atoms with Crippen LogP contribution in [0.3, 0.4) is 0 Å². The second-order valence-electron chi connectivity index (χ2n) is 4.69. The molecule has 0 saturated carbocycles. The Balaban J connectivity index is 2.47. The van der Waals surface area contributed by atoms with E-state index < -0.39 is 0 Å². The van der Waals surface area contributed by atoms with Crippen molar-refractivity contribution in [3.63, 3.8) is 0 Å². The van der Waals surface area contributed by atoms with Gasteiger partial charge in [0.25, 0.3) is 0 Å². The lowest BCUT2D eigenvalue weighted by Crippen LogP contribution is -2.15. The maximum atomic E-state index is 4.72. The topological polar surface area (TPSA) is 50.7 Å². The molecular weight excluding hydrogens is 248 g/mol. The van der Waals surface area contributed by atoms with Gasteiger partial charge in [-0.05, 0) is 50.6 Å². The van der Waals surface area contributed by atoms with Gasteiger partial charge in [-0.1, -0.05) is 19.9 Å². The summed E-state index contributed by atoms with van der Waals surface area (Å²) < 4.78 is 0. The van der Waals surface area contributed by atoms with E-state index >= 15 is 0 Å². The maximum absolute atomic E-state index is 4.72. The van der Waals surface area contributed by atoms with Gasteiger partial charge in [0.2, 0.25) is 0 Å². The second-order valence-corrected chi connectivity index (χ2v) is 4.69. The van der Waals surface area contributed by atoms with Crippen LogP contribution in [0.15, 0.2) is 24.4 Å². The summed E-state index contributed by atoms with van der Waals surface area (Å²) in [4.78, 5) is 13.8. The predicted octanol–water partition coefficient (Wildman–Crippen LogP) is 2.43. The Hall–Kier alpha value is -1.81. The van der Waals surface area contributed by atoms with Crippen molar-refractivity contribution in [1.29, 1.82) is 0 Å². The van der Waals surface area contributed by atoms with Crippen molar-refractivity contribution in [2.24, 2.45) is 0 Å². The molecule has 0 amide bonds. The normalized spacial score (nSPS) is 10.8. The number of hydrogen-bond donors (Lipinski definition) is 1. The Morgan fingerprint density at radius 3 is 2.25 bits per heavy atom. The quantitative estimate of drug-likeness (QED) is 0.876. The van der Waals surface area contributed by atoms with Gasteiger partial charge in [0, 0.05) is 17.6 Å². The zero-order chi connectivity index (χ0) is 14.4. The number of aromatic nitrogens is 3. The van der Waals surface area contributed by atoms with Crippen molar-refractivity contribution in [1.82, 2.24) is 20.3 Å². The summed E-state index contributed by atoms with van der Waals surface area (Å²) >= 11 is 0. The molecule has 0 aliphatic carbocycles. The lowest BCUT2D eigenvalue weighted by atomic mass is 10.0. The van der Waals surface area contributed by atoms with Crippen LogP contribution in [0.1, 0.15) is 30.8 Å². The molecule has 0 fully saturated rings. The van der Waals surface area contributed by atoms with Crippen molar-refractivity contribution in [2.45, 2.75) is 33.1 Å². The minimum absolute atomic E-state index is 0.743. The number of pyridine rings is 1. The fourth-order valence-electron chi connectivity index (χ4n) is 2.32. The maximum Gasteiger partial charge on any atom is 0.178 e. The molecule has 0 spiro atoms. The van der Waals surface area contributed by atoms with Crippen molar-refractivity contribution < 1.29 is 0 Å². The molecule has 106 valence electrons. The summed E-state index contributed by atoms with van der Waals surface area (Å²) in [6.07, 6.45) is 4.61. The summed E-state index contributed by atoms with van der Waals surface area (Å²) in [6.45, 7) is 5.24. The summed E-state index contributed by atoms with van der Waals surface area (Å²) in [6, 6.07) is 5.84. The first-order chi connectivity index (χ1) is 9.80. The summed E-state index contributed by atoms with van der Waals surface area (Å²) in [5.41, 5.74) is 4.43. The Morgan fingerprint density at radius 2 is 1.75 bits per heavy atom. The Bertz CT molecular complexity index is 527. The van der Waals surface area contributed by atoms with Gasteiger partial charge < -0.3 is 5.32 Å². The molecule has 0 saturated heterocycles. The molecule has 0 unspecified atom stereocenters. The Kier molecular flexibility index (Phi) is 5.18. The van der Waals surface area contributed by atoms with E-state index in [0.717, 1.165) is 48.7 Å². The van der Waals surface area contributed by atoms with Crippen LogP contribution in [-0.4, -0.2) is 28.5 Å². The average molecular weight is 270 g/mol. The van der Waals surface area contributed by atoms with Gasteiger partial charge in [0.15, 0.2) is 5.82 Å². The van der Waals surface area contributed by atoms with Gasteiger partial charge in [0.1, 0.15) is 5.69 Å². The zero-order valence-electron chi connectivity index (χ0n) is 12.5. The fraction of sp³-hybridized carbons (Fsp3) is 0.438. The molecular formula is C16H22N4. The molecule has 2 aromatic heterocycles. The third-order valence-corrected chi connectivity index (χ3v) is 3.37. The van der Waals surface area contributed by atoms with Gasteiger partial charge in [-0.25, -0.2) is 9.97 Å². The van der Waals surface area contributed by atoms with Gasteiger partial charge >= 0.3 is 0 Å². The van der Waals surface area contributed by atoms with Crippen LogP contribution >= 0.6 is 0 Å². The highest BCUT2D eigenvalue weighted by molar-refractivity contribution is 5.50. The Labute approximate surface area is 120 Å². The molecule has 0 radical (unpaired) electrons. The minimum atomic E-state index is 0.743. The second kappa shape index (κ2) is 7.10. The molecule has 4 nitrogen and oxygen atoms in total. The van der Waals surface area contributed by atoms with Crippen molar-refractivity contribution in [2.75, 3.05) is 13.6 Å². The minimum Gasteiger partial charge on any atom is -0.319 e. The standard InChI is InChI=1S/C16H22N4/c1-4-13-12(9-11-17-3)14(5-2)20-16(19-13)15-8-6-7-10-18-15/h6-8,10,17H,4-5,9,11H2,1-3H3. The molecule has 20 heavy (non-hydrogen) atoms. The van der Waals surface area contributed by atoms with E-state index in [0.29, 0.717) is 0 Å². The average Bonchev–Trinajstić information content (AvgIpc) is 2.52. The smallest absolute Gasteiger partial charge is 0.178 e. The first kappa shape index (κ1) is 14.6. The number of likely N-dealkylation sites (N-methyl/N-ethyl adjacent to an activating group) is 1. The number of hydrogen-bond acceptors (Lipinski definition) is 4. The number of nitrogens with one attached hydrogen (secondary N) is 1. The monoisotopic (exact) mass is 270 g/mol. The van der Waals surface area contributed by atoms with Gasteiger partial charge in [-0.2, -0.15) is 0 Å². The van der Waals surface area contributed by atoms with Crippen LogP contribution in [0.25, 0.3) is 11.5 Å². The van der Waals surface area contributed by atoms with Crippen molar-refractivity contribution in [3.8, 4) is 11.5 Å². The molecule has 2 rings (SSSR count). The van der Waals surface area contributed by atoms with Gasteiger partial charge in [0.05, 0.1) is 0 Å². The molecule has 0 aliphatic heterocycles. The van der Waals surface area contributed by atoms with E-state index in [1.54, 1.807) is 6.20 Å². The fourth-order valence-corrected chi connectivity index (χ4v) is 2.32. The molecule has 0 atom stereocenters. The molecule has 0 aromatic carbocycles. The van der Waals surface area contributed by atoms with Gasteiger partial charge in [-0.3, -0.25) is 4.98 Å².